The summed E-state index contributed by atoms with van der Waals surface area (Å²) in [5, 5.41) is 3.91. The summed E-state index contributed by atoms with van der Waals surface area (Å²) >= 11 is 0. The molecule has 0 aliphatic rings. The molecule has 1 aromatic heterocycles. The van der Waals surface area contributed by atoms with Crippen LogP contribution in [-0.4, -0.2) is 29.0 Å². The number of fused-ring (bicyclic) bond motifs is 1. The van der Waals surface area contributed by atoms with Crippen LogP contribution in [0.15, 0.2) is 103 Å². The van der Waals surface area contributed by atoms with E-state index in [9.17, 15) is 9.18 Å². The van der Waals surface area contributed by atoms with E-state index in [1.54, 1.807) is 12.1 Å². The SMILES string of the molecule is CN(CCc1ccc(-c2ccccc2)cc1)Cc1cn(C)c2ccc(C(=O)Nc3ccc(F)cc3)cc12. The number of aryl methyl sites for hydroxylation is 1. The zero-order chi connectivity index (χ0) is 25.8. The molecule has 0 bridgehead atoms. The molecule has 1 amide bonds. The summed E-state index contributed by atoms with van der Waals surface area (Å²) in [7, 11) is 4.15. The summed E-state index contributed by atoms with van der Waals surface area (Å²) < 4.78 is 15.3. The van der Waals surface area contributed by atoms with Crippen LogP contribution in [0, 0.1) is 5.82 Å². The van der Waals surface area contributed by atoms with E-state index in [-0.39, 0.29) is 11.7 Å². The number of rotatable bonds is 8. The summed E-state index contributed by atoms with van der Waals surface area (Å²) in [6, 6.07) is 30.8. The number of likely N-dealkylation sites (N-methyl/N-ethyl adjacent to an activating group) is 1. The van der Waals surface area contributed by atoms with Crippen molar-refractivity contribution < 1.29 is 9.18 Å². The van der Waals surface area contributed by atoms with Gasteiger partial charge in [-0.25, -0.2) is 4.39 Å². The van der Waals surface area contributed by atoms with Crippen LogP contribution in [0.3, 0.4) is 0 Å². The van der Waals surface area contributed by atoms with E-state index < -0.39 is 0 Å². The van der Waals surface area contributed by atoms with Gasteiger partial charge in [0.05, 0.1) is 0 Å². The van der Waals surface area contributed by atoms with Gasteiger partial charge in [0.1, 0.15) is 5.82 Å². The van der Waals surface area contributed by atoms with Gasteiger partial charge in [-0.3, -0.25) is 4.79 Å². The van der Waals surface area contributed by atoms with Crippen molar-refractivity contribution in [3.05, 3.63) is 126 Å². The molecule has 0 saturated heterocycles. The Labute approximate surface area is 217 Å². The van der Waals surface area contributed by atoms with Crippen molar-refractivity contribution in [1.82, 2.24) is 9.47 Å². The molecule has 0 unspecified atom stereocenters. The Morgan fingerprint density at radius 3 is 2.32 bits per heavy atom. The van der Waals surface area contributed by atoms with Crippen LogP contribution >= 0.6 is 0 Å². The van der Waals surface area contributed by atoms with Gasteiger partial charge >= 0.3 is 0 Å². The largest absolute Gasteiger partial charge is 0.350 e. The van der Waals surface area contributed by atoms with Gasteiger partial charge in [-0.1, -0.05) is 54.6 Å². The van der Waals surface area contributed by atoms with Crippen LogP contribution in [0.4, 0.5) is 10.1 Å². The van der Waals surface area contributed by atoms with Gasteiger partial charge in [0, 0.05) is 48.5 Å². The van der Waals surface area contributed by atoms with E-state index >= 15 is 0 Å². The third-order valence-corrected chi connectivity index (χ3v) is 6.72. The van der Waals surface area contributed by atoms with Gasteiger partial charge in [-0.05, 0) is 78.2 Å². The second-order valence-electron chi connectivity index (χ2n) is 9.51. The monoisotopic (exact) mass is 491 g/mol. The normalized spacial score (nSPS) is 11.2. The highest BCUT2D eigenvalue weighted by molar-refractivity contribution is 6.06. The van der Waals surface area contributed by atoms with Crippen molar-refractivity contribution in [2.24, 2.45) is 7.05 Å². The molecule has 1 heterocycles. The van der Waals surface area contributed by atoms with Crippen LogP contribution in [0.1, 0.15) is 21.5 Å². The molecular weight excluding hydrogens is 461 g/mol. The molecule has 5 aromatic rings. The van der Waals surface area contributed by atoms with Crippen LogP contribution in [0.2, 0.25) is 0 Å². The highest BCUT2D eigenvalue weighted by atomic mass is 19.1. The Hall–Kier alpha value is -4.22. The summed E-state index contributed by atoms with van der Waals surface area (Å²) in [5.41, 5.74) is 7.17. The Bertz CT molecular complexity index is 1510. The minimum absolute atomic E-state index is 0.212. The molecule has 0 aliphatic heterocycles. The smallest absolute Gasteiger partial charge is 0.255 e. The van der Waals surface area contributed by atoms with E-state index in [0.29, 0.717) is 11.3 Å². The molecule has 4 nitrogen and oxygen atoms in total. The van der Waals surface area contributed by atoms with E-state index in [0.717, 1.165) is 30.4 Å². The number of benzene rings is 4. The van der Waals surface area contributed by atoms with Gasteiger partial charge in [-0.15, -0.1) is 0 Å². The quantitative estimate of drug-likeness (QED) is 0.256. The van der Waals surface area contributed by atoms with Gasteiger partial charge in [0.15, 0.2) is 0 Å². The van der Waals surface area contributed by atoms with E-state index in [1.165, 1.54) is 34.4 Å². The van der Waals surface area contributed by atoms with Crippen molar-refractivity contribution >= 4 is 22.5 Å². The van der Waals surface area contributed by atoms with Gasteiger partial charge < -0.3 is 14.8 Å². The van der Waals surface area contributed by atoms with Gasteiger partial charge in [0.25, 0.3) is 5.91 Å². The zero-order valence-corrected chi connectivity index (χ0v) is 21.1. The molecule has 5 rings (SSSR count). The molecule has 186 valence electrons. The number of aromatic nitrogens is 1. The highest BCUT2D eigenvalue weighted by Crippen LogP contribution is 2.24. The number of hydrogen-bond acceptors (Lipinski definition) is 2. The van der Waals surface area contributed by atoms with Crippen molar-refractivity contribution in [3.8, 4) is 11.1 Å². The van der Waals surface area contributed by atoms with Crippen LogP contribution in [-0.2, 0) is 20.0 Å². The molecule has 0 spiro atoms. The predicted molar refractivity (Wildman–Crippen MR) is 149 cm³/mol. The van der Waals surface area contributed by atoms with Crippen molar-refractivity contribution in [2.45, 2.75) is 13.0 Å². The topological polar surface area (TPSA) is 37.3 Å². The van der Waals surface area contributed by atoms with Crippen molar-refractivity contribution in [1.29, 1.82) is 0 Å². The van der Waals surface area contributed by atoms with Crippen molar-refractivity contribution in [2.75, 3.05) is 18.9 Å². The van der Waals surface area contributed by atoms with Crippen LogP contribution in [0.5, 0.6) is 0 Å². The molecule has 4 aromatic carbocycles. The fraction of sp³-hybridized carbons (Fsp3) is 0.156. The molecule has 0 radical (unpaired) electrons. The highest BCUT2D eigenvalue weighted by Gasteiger charge is 2.13. The van der Waals surface area contributed by atoms with Gasteiger partial charge in [-0.2, -0.15) is 0 Å². The number of amides is 1. The molecule has 1 N–H and O–H groups in total. The fourth-order valence-corrected chi connectivity index (χ4v) is 4.66. The Morgan fingerprint density at radius 2 is 1.59 bits per heavy atom. The number of halogens is 1. The first kappa shape index (κ1) is 24.5. The maximum atomic E-state index is 13.2. The Kier molecular flexibility index (Phi) is 7.15. The zero-order valence-electron chi connectivity index (χ0n) is 21.1. The lowest BCUT2D eigenvalue weighted by Gasteiger charge is -2.16. The van der Waals surface area contributed by atoms with Crippen LogP contribution < -0.4 is 5.32 Å². The lowest BCUT2D eigenvalue weighted by atomic mass is 10.0. The Morgan fingerprint density at radius 1 is 0.892 bits per heavy atom. The number of carbonyl (C=O) groups excluding carboxylic acids is 1. The third-order valence-electron chi connectivity index (χ3n) is 6.72. The number of anilines is 1. The second kappa shape index (κ2) is 10.8. The minimum atomic E-state index is -0.332. The predicted octanol–water partition coefficient (Wildman–Crippen LogP) is 6.91. The first-order valence-corrected chi connectivity index (χ1v) is 12.4. The minimum Gasteiger partial charge on any atom is -0.350 e. The first-order chi connectivity index (χ1) is 18.0. The summed E-state index contributed by atoms with van der Waals surface area (Å²) in [4.78, 5) is 15.1. The Balaban J connectivity index is 1.25. The third kappa shape index (κ3) is 5.79. The molecule has 37 heavy (non-hydrogen) atoms. The number of carbonyl (C=O) groups is 1. The van der Waals surface area contributed by atoms with E-state index in [2.05, 4.69) is 76.6 Å². The standard InChI is InChI=1S/C32H30FN3O/c1-35(19-18-23-8-10-25(11-9-23)24-6-4-3-5-7-24)21-27-22-36(2)31-17-12-26(20-30(27)31)32(37)34-29-15-13-28(33)14-16-29/h3-17,20,22H,18-19,21H2,1-2H3,(H,34,37). The van der Waals surface area contributed by atoms with Crippen molar-refractivity contribution in [3.63, 3.8) is 0 Å². The summed E-state index contributed by atoms with van der Waals surface area (Å²) in [6.45, 7) is 1.70. The molecule has 0 fully saturated rings. The molecule has 0 aliphatic carbocycles. The molecule has 0 saturated carbocycles. The maximum absolute atomic E-state index is 13.2. The fourth-order valence-electron chi connectivity index (χ4n) is 4.66. The van der Waals surface area contributed by atoms with E-state index in [1.807, 2.05) is 31.3 Å². The average molecular weight is 492 g/mol. The first-order valence-electron chi connectivity index (χ1n) is 12.4. The van der Waals surface area contributed by atoms with E-state index in [4.69, 9.17) is 0 Å². The maximum Gasteiger partial charge on any atom is 0.255 e. The number of nitrogens with zero attached hydrogens (tertiary/aromatic N) is 2. The lowest BCUT2D eigenvalue weighted by molar-refractivity contribution is 0.102. The molecule has 0 atom stereocenters. The number of nitrogens with one attached hydrogen (secondary N) is 1. The second-order valence-corrected chi connectivity index (χ2v) is 9.51. The lowest BCUT2D eigenvalue weighted by Crippen LogP contribution is -2.20. The summed E-state index contributed by atoms with van der Waals surface area (Å²) in [5.74, 6) is -0.544. The molecule has 5 heteroatoms. The molecular formula is C32H30FN3O. The summed E-state index contributed by atoms with van der Waals surface area (Å²) in [6.07, 6.45) is 3.10. The number of hydrogen-bond donors (Lipinski definition) is 1. The van der Waals surface area contributed by atoms with Gasteiger partial charge in [0.2, 0.25) is 0 Å². The van der Waals surface area contributed by atoms with Crippen LogP contribution in [0.25, 0.3) is 22.0 Å². The average Bonchev–Trinajstić information content (AvgIpc) is 3.23.